The molecule has 4 heteroatoms. The van der Waals surface area contributed by atoms with E-state index >= 15 is 0 Å². The molecule has 1 rings (SSSR count). The third kappa shape index (κ3) is 4.18. The number of hydrogen-bond acceptors (Lipinski definition) is 4. The van der Waals surface area contributed by atoms with Crippen LogP contribution in [0.5, 0.6) is 5.75 Å². The van der Waals surface area contributed by atoms with Crippen LogP contribution in [-0.2, 0) is 6.61 Å². The zero-order valence-corrected chi connectivity index (χ0v) is 9.52. The minimum Gasteiger partial charge on any atom is -0.494 e. The molecule has 0 bridgehead atoms. The molecule has 0 aliphatic carbocycles. The Labute approximate surface area is 95.9 Å². The van der Waals surface area contributed by atoms with Gasteiger partial charge in [-0.15, -0.1) is 0 Å². The molecule has 0 amide bonds. The molecule has 0 spiro atoms. The van der Waals surface area contributed by atoms with E-state index in [0.717, 1.165) is 17.7 Å². The van der Waals surface area contributed by atoms with Gasteiger partial charge in [0.05, 0.1) is 19.8 Å². The molecule has 3 N–H and O–H groups in total. The van der Waals surface area contributed by atoms with Crippen molar-refractivity contribution < 1.29 is 14.9 Å². The third-order valence-corrected chi connectivity index (χ3v) is 2.44. The van der Waals surface area contributed by atoms with Crippen LogP contribution in [0, 0.1) is 0 Å². The molecule has 0 heterocycles. The van der Waals surface area contributed by atoms with Crippen molar-refractivity contribution in [2.24, 2.45) is 0 Å². The maximum atomic E-state index is 8.95. The monoisotopic (exact) mass is 225 g/mol. The summed E-state index contributed by atoms with van der Waals surface area (Å²) in [4.78, 5) is 0. The summed E-state index contributed by atoms with van der Waals surface area (Å²) in [5, 5.41) is 20.9. The molecular formula is C12H19NO3. The first-order chi connectivity index (χ1) is 7.80. The van der Waals surface area contributed by atoms with Crippen LogP contribution in [0.15, 0.2) is 24.3 Å². The highest BCUT2D eigenvalue weighted by atomic mass is 16.5. The number of ether oxygens (including phenoxy) is 1. The molecule has 1 unspecified atom stereocenters. The standard InChI is InChI=1S/C12H19NO3/c1-13-11(9-15)5-6-16-12-4-2-3-10(7-12)8-14/h2-4,7,11,13-15H,5-6,8-9H2,1H3. The lowest BCUT2D eigenvalue weighted by atomic mass is 10.2. The fraction of sp³-hybridized carbons (Fsp3) is 0.500. The molecule has 0 aliphatic rings. The van der Waals surface area contributed by atoms with Gasteiger partial charge in [0.25, 0.3) is 0 Å². The molecular weight excluding hydrogens is 206 g/mol. The summed E-state index contributed by atoms with van der Waals surface area (Å²) in [6.07, 6.45) is 0.746. The fourth-order valence-electron chi connectivity index (χ4n) is 1.38. The largest absolute Gasteiger partial charge is 0.494 e. The van der Waals surface area contributed by atoms with E-state index in [1.807, 2.05) is 31.3 Å². The summed E-state index contributed by atoms with van der Waals surface area (Å²) >= 11 is 0. The number of nitrogens with one attached hydrogen (secondary N) is 1. The number of hydrogen-bond donors (Lipinski definition) is 3. The van der Waals surface area contributed by atoms with E-state index in [2.05, 4.69) is 5.32 Å². The van der Waals surface area contributed by atoms with Crippen LogP contribution in [0.4, 0.5) is 0 Å². The molecule has 0 fully saturated rings. The van der Waals surface area contributed by atoms with Gasteiger partial charge in [-0.3, -0.25) is 0 Å². The Morgan fingerprint density at radius 1 is 1.38 bits per heavy atom. The highest BCUT2D eigenvalue weighted by Gasteiger charge is 2.04. The summed E-state index contributed by atoms with van der Waals surface area (Å²) in [7, 11) is 1.81. The minimum atomic E-state index is 0.0208. The van der Waals surface area contributed by atoms with Crippen LogP contribution >= 0.6 is 0 Å². The second kappa shape index (κ2) is 7.22. The molecule has 0 aliphatic heterocycles. The van der Waals surface area contributed by atoms with Gasteiger partial charge < -0.3 is 20.3 Å². The Morgan fingerprint density at radius 3 is 2.81 bits per heavy atom. The Bertz CT molecular complexity index is 300. The molecule has 1 aromatic carbocycles. The van der Waals surface area contributed by atoms with Crippen molar-refractivity contribution >= 4 is 0 Å². The van der Waals surface area contributed by atoms with E-state index in [4.69, 9.17) is 14.9 Å². The van der Waals surface area contributed by atoms with Gasteiger partial charge in [-0.25, -0.2) is 0 Å². The Hall–Kier alpha value is -1.10. The Kier molecular flexibility index (Phi) is 5.85. The zero-order valence-electron chi connectivity index (χ0n) is 9.52. The summed E-state index contributed by atoms with van der Waals surface area (Å²) < 4.78 is 5.52. The normalized spacial score (nSPS) is 12.4. The number of aliphatic hydroxyl groups is 2. The van der Waals surface area contributed by atoms with E-state index in [1.165, 1.54) is 0 Å². The highest BCUT2D eigenvalue weighted by molar-refractivity contribution is 5.27. The zero-order chi connectivity index (χ0) is 11.8. The second-order valence-electron chi connectivity index (χ2n) is 3.61. The molecule has 0 saturated heterocycles. The van der Waals surface area contributed by atoms with Crippen LogP contribution in [0.3, 0.4) is 0 Å². The third-order valence-electron chi connectivity index (χ3n) is 2.44. The molecule has 4 nitrogen and oxygen atoms in total. The number of likely N-dealkylation sites (N-methyl/N-ethyl adjacent to an activating group) is 1. The molecule has 1 aromatic rings. The first-order valence-electron chi connectivity index (χ1n) is 5.41. The molecule has 1 atom stereocenters. The lowest BCUT2D eigenvalue weighted by Crippen LogP contribution is -2.30. The van der Waals surface area contributed by atoms with E-state index in [-0.39, 0.29) is 19.3 Å². The topological polar surface area (TPSA) is 61.7 Å². The smallest absolute Gasteiger partial charge is 0.119 e. The predicted molar refractivity (Wildman–Crippen MR) is 62.4 cm³/mol. The SMILES string of the molecule is CNC(CO)CCOc1cccc(CO)c1. The highest BCUT2D eigenvalue weighted by Crippen LogP contribution is 2.13. The molecule has 16 heavy (non-hydrogen) atoms. The second-order valence-corrected chi connectivity index (χ2v) is 3.61. The fourth-order valence-corrected chi connectivity index (χ4v) is 1.38. The summed E-state index contributed by atoms with van der Waals surface area (Å²) in [6, 6.07) is 7.43. The Morgan fingerprint density at radius 2 is 2.19 bits per heavy atom. The molecule has 0 saturated carbocycles. The van der Waals surface area contributed by atoms with Gasteiger partial charge in [0, 0.05) is 6.04 Å². The number of benzene rings is 1. The summed E-state index contributed by atoms with van der Waals surface area (Å²) in [6.45, 7) is 0.671. The first-order valence-corrected chi connectivity index (χ1v) is 5.41. The van der Waals surface area contributed by atoms with E-state index in [9.17, 15) is 0 Å². The predicted octanol–water partition coefficient (Wildman–Crippen LogP) is 0.528. The van der Waals surface area contributed by atoms with Gasteiger partial charge in [0.15, 0.2) is 0 Å². The van der Waals surface area contributed by atoms with Gasteiger partial charge >= 0.3 is 0 Å². The molecule has 0 radical (unpaired) electrons. The minimum absolute atomic E-state index is 0.0208. The number of rotatable bonds is 7. The van der Waals surface area contributed by atoms with Crippen LogP contribution in [0.1, 0.15) is 12.0 Å². The van der Waals surface area contributed by atoms with Crippen LogP contribution in [0.25, 0.3) is 0 Å². The van der Waals surface area contributed by atoms with Crippen molar-refractivity contribution in [3.63, 3.8) is 0 Å². The van der Waals surface area contributed by atoms with Gasteiger partial charge in [-0.2, -0.15) is 0 Å². The van der Waals surface area contributed by atoms with E-state index in [1.54, 1.807) is 0 Å². The van der Waals surface area contributed by atoms with Gasteiger partial charge in [-0.05, 0) is 31.2 Å². The molecule has 0 aromatic heterocycles. The van der Waals surface area contributed by atoms with Crippen LogP contribution < -0.4 is 10.1 Å². The average Bonchev–Trinajstić information content (AvgIpc) is 2.35. The van der Waals surface area contributed by atoms with Crippen LogP contribution in [-0.4, -0.2) is 36.5 Å². The Balaban J connectivity index is 2.36. The van der Waals surface area contributed by atoms with Gasteiger partial charge in [-0.1, -0.05) is 12.1 Å². The molecule has 90 valence electrons. The maximum Gasteiger partial charge on any atom is 0.119 e. The number of aliphatic hydroxyl groups excluding tert-OH is 2. The van der Waals surface area contributed by atoms with Crippen molar-refractivity contribution in [1.29, 1.82) is 0 Å². The van der Waals surface area contributed by atoms with Crippen LogP contribution in [0.2, 0.25) is 0 Å². The van der Waals surface area contributed by atoms with E-state index < -0.39 is 0 Å². The van der Waals surface area contributed by atoms with Crippen molar-refractivity contribution in [2.75, 3.05) is 20.3 Å². The first kappa shape index (κ1) is 13.0. The van der Waals surface area contributed by atoms with E-state index in [0.29, 0.717) is 6.61 Å². The maximum absolute atomic E-state index is 8.95. The quantitative estimate of drug-likeness (QED) is 0.633. The van der Waals surface area contributed by atoms with Crippen molar-refractivity contribution in [3.05, 3.63) is 29.8 Å². The van der Waals surface area contributed by atoms with Gasteiger partial charge in [0.1, 0.15) is 5.75 Å². The van der Waals surface area contributed by atoms with Crippen molar-refractivity contribution in [3.8, 4) is 5.75 Å². The summed E-state index contributed by atoms with van der Waals surface area (Å²) in [5.41, 5.74) is 0.838. The average molecular weight is 225 g/mol. The lowest BCUT2D eigenvalue weighted by molar-refractivity contribution is 0.214. The van der Waals surface area contributed by atoms with Crippen molar-refractivity contribution in [1.82, 2.24) is 5.32 Å². The lowest BCUT2D eigenvalue weighted by Gasteiger charge is -2.13. The van der Waals surface area contributed by atoms with Crippen molar-refractivity contribution in [2.45, 2.75) is 19.1 Å². The van der Waals surface area contributed by atoms with Gasteiger partial charge in [0.2, 0.25) is 0 Å². The summed E-state index contributed by atoms with van der Waals surface area (Å²) in [5.74, 6) is 0.749.